The molecule has 15 heteroatoms. The van der Waals surface area contributed by atoms with Gasteiger partial charge in [0.15, 0.2) is 5.82 Å². The molecule has 0 atom stereocenters. The van der Waals surface area contributed by atoms with Gasteiger partial charge in [-0.25, -0.2) is 28.2 Å². The highest BCUT2D eigenvalue weighted by Crippen LogP contribution is 2.30. The second kappa shape index (κ2) is 12.0. The van der Waals surface area contributed by atoms with Gasteiger partial charge < -0.3 is 16.0 Å². The van der Waals surface area contributed by atoms with Gasteiger partial charge in [-0.15, -0.1) is 0 Å². The minimum Gasteiger partial charge on any atom is -0.397 e. The Morgan fingerprint density at radius 2 is 1.82 bits per heavy atom. The summed E-state index contributed by atoms with van der Waals surface area (Å²) >= 11 is 0. The second-order valence-electron chi connectivity index (χ2n) is 8.29. The van der Waals surface area contributed by atoms with Crippen LogP contribution in [-0.2, 0) is 12.7 Å². The van der Waals surface area contributed by atoms with E-state index in [1.165, 1.54) is 6.07 Å². The molecule has 4 rings (SSSR count). The molecule has 0 aliphatic rings. The van der Waals surface area contributed by atoms with Crippen LogP contribution in [0.1, 0.15) is 43.9 Å². The largest absolute Gasteiger partial charge is 0.423 e. The normalized spacial score (nSPS) is 11.5. The maximum atomic E-state index is 14.6. The number of hydrogen-bond acceptors (Lipinski definition) is 7. The van der Waals surface area contributed by atoms with E-state index < -0.39 is 46.7 Å². The molecule has 208 valence electrons. The van der Waals surface area contributed by atoms with E-state index in [0.717, 1.165) is 37.7 Å². The van der Waals surface area contributed by atoms with Crippen molar-refractivity contribution in [1.29, 1.82) is 0 Å². The highest BCUT2D eigenvalue weighted by atomic mass is 19.4. The number of aromatic amines is 1. The second-order valence-corrected chi connectivity index (χ2v) is 8.29. The van der Waals surface area contributed by atoms with Gasteiger partial charge in [-0.2, -0.15) is 18.3 Å². The lowest BCUT2D eigenvalue weighted by molar-refractivity contribution is -0.138. The lowest BCUT2D eigenvalue weighted by Crippen LogP contribution is -2.24. The standard InChI is InChI=1S/C19H19F3N4O.C5H4F3N3O/c1-2-3-4-6-26-7-5-11-8-13(14(20)9-12(11)19(26)27)15-10-24-16(17(21)22)18(23)25-15;6-5(7,8)3-2(9)1-10-11-4(3)12/h5,7-10,17H,2-4,6H2,1H3,(H2,23,25);1H,(H3,9,11,12). The number of aromatic nitrogens is 5. The molecule has 0 bridgehead atoms. The smallest absolute Gasteiger partial charge is 0.397 e. The van der Waals surface area contributed by atoms with E-state index in [1.807, 2.05) is 0 Å². The van der Waals surface area contributed by atoms with Crippen LogP contribution in [0.2, 0.25) is 0 Å². The van der Waals surface area contributed by atoms with Crippen LogP contribution in [-0.4, -0.2) is 24.7 Å². The molecule has 9 nitrogen and oxygen atoms in total. The molecule has 0 unspecified atom stereocenters. The maximum Gasteiger partial charge on any atom is 0.423 e. The van der Waals surface area contributed by atoms with Gasteiger partial charge in [0.05, 0.1) is 29.2 Å². The number of nitrogens with two attached hydrogens (primary N) is 2. The predicted molar refractivity (Wildman–Crippen MR) is 132 cm³/mol. The monoisotopic (exact) mass is 555 g/mol. The third kappa shape index (κ3) is 6.72. The molecule has 1 aromatic carbocycles. The van der Waals surface area contributed by atoms with E-state index >= 15 is 0 Å². The van der Waals surface area contributed by atoms with Crippen molar-refractivity contribution in [2.45, 2.75) is 45.3 Å². The number of H-pyrrole nitrogens is 1. The van der Waals surface area contributed by atoms with Crippen molar-refractivity contribution in [3.05, 3.63) is 74.6 Å². The maximum absolute atomic E-state index is 14.6. The minimum absolute atomic E-state index is 0.0309. The molecule has 3 aromatic heterocycles. The summed E-state index contributed by atoms with van der Waals surface area (Å²) in [4.78, 5) is 30.5. The first kappa shape index (κ1) is 29.1. The first-order valence-corrected chi connectivity index (χ1v) is 11.5. The highest BCUT2D eigenvalue weighted by Gasteiger charge is 2.36. The molecule has 0 aliphatic heterocycles. The molecule has 0 saturated carbocycles. The van der Waals surface area contributed by atoms with Crippen molar-refractivity contribution >= 4 is 22.3 Å². The molecular formula is C24H23F6N7O2. The fourth-order valence-electron chi connectivity index (χ4n) is 3.63. The van der Waals surface area contributed by atoms with Crippen molar-refractivity contribution in [2.24, 2.45) is 0 Å². The molecule has 39 heavy (non-hydrogen) atoms. The molecule has 5 N–H and O–H groups in total. The van der Waals surface area contributed by atoms with Gasteiger partial charge >= 0.3 is 6.18 Å². The van der Waals surface area contributed by atoms with Crippen molar-refractivity contribution in [1.82, 2.24) is 24.7 Å². The van der Waals surface area contributed by atoms with Crippen LogP contribution in [0.5, 0.6) is 0 Å². The Balaban J connectivity index is 0.000000293. The topological polar surface area (TPSA) is 146 Å². The van der Waals surface area contributed by atoms with Crippen molar-refractivity contribution < 1.29 is 26.3 Å². The number of alkyl halides is 5. The van der Waals surface area contributed by atoms with Gasteiger partial charge in [-0.1, -0.05) is 19.8 Å². The SMILES string of the molecule is CCCCCn1ccc2cc(-c3cnc(C(F)F)c(N)n3)c(F)cc2c1=O.Nc1cn[nH]c(=O)c1C(F)(F)F. The lowest BCUT2D eigenvalue weighted by Gasteiger charge is -2.10. The molecule has 4 aromatic rings. The molecule has 0 amide bonds. The molecule has 0 spiro atoms. The Hall–Kier alpha value is -4.43. The number of unbranched alkanes of at least 4 members (excludes halogenated alkanes) is 2. The average molecular weight is 555 g/mol. The Morgan fingerprint density at radius 3 is 2.38 bits per heavy atom. The van der Waals surface area contributed by atoms with E-state index in [9.17, 15) is 35.9 Å². The van der Waals surface area contributed by atoms with E-state index in [1.54, 1.807) is 21.9 Å². The zero-order valence-corrected chi connectivity index (χ0v) is 20.4. The predicted octanol–water partition coefficient (Wildman–Crippen LogP) is 4.68. The summed E-state index contributed by atoms with van der Waals surface area (Å²) in [6.07, 6.45) is -1.23. The van der Waals surface area contributed by atoms with E-state index in [2.05, 4.69) is 22.0 Å². The van der Waals surface area contributed by atoms with Crippen LogP contribution in [0.4, 0.5) is 37.8 Å². The molecular weight excluding hydrogens is 532 g/mol. The number of aryl methyl sites for hydroxylation is 1. The molecule has 0 aliphatic carbocycles. The van der Waals surface area contributed by atoms with Gasteiger partial charge in [0.25, 0.3) is 17.5 Å². The lowest BCUT2D eigenvalue weighted by atomic mass is 10.1. The summed E-state index contributed by atoms with van der Waals surface area (Å²) in [6, 6.07) is 4.31. The number of nitrogen functional groups attached to an aromatic ring is 2. The van der Waals surface area contributed by atoms with Gasteiger partial charge in [0, 0.05) is 18.3 Å². The Labute approximate surface area is 216 Å². The minimum atomic E-state index is -4.74. The van der Waals surface area contributed by atoms with E-state index in [0.29, 0.717) is 11.9 Å². The van der Waals surface area contributed by atoms with Gasteiger partial charge in [0.2, 0.25) is 0 Å². The third-order valence-electron chi connectivity index (χ3n) is 5.55. The van der Waals surface area contributed by atoms with Gasteiger partial charge in [-0.05, 0) is 30.0 Å². The number of halogens is 6. The molecule has 0 saturated heterocycles. The summed E-state index contributed by atoms with van der Waals surface area (Å²) in [6.45, 7) is 2.65. The van der Waals surface area contributed by atoms with Crippen molar-refractivity contribution in [2.75, 3.05) is 11.5 Å². The van der Waals surface area contributed by atoms with E-state index in [-0.39, 0.29) is 22.2 Å². The van der Waals surface area contributed by atoms with Crippen LogP contribution in [0.15, 0.2) is 46.4 Å². The van der Waals surface area contributed by atoms with Crippen LogP contribution >= 0.6 is 0 Å². The molecule has 3 heterocycles. The summed E-state index contributed by atoms with van der Waals surface area (Å²) in [5, 5.41) is 5.52. The zero-order valence-electron chi connectivity index (χ0n) is 20.4. The quantitative estimate of drug-likeness (QED) is 0.231. The molecule has 0 fully saturated rings. The third-order valence-corrected chi connectivity index (χ3v) is 5.55. The number of nitrogens with zero attached hydrogens (tertiary/aromatic N) is 4. The first-order chi connectivity index (χ1) is 18.3. The number of rotatable bonds is 6. The van der Waals surface area contributed by atoms with Crippen LogP contribution in [0.25, 0.3) is 22.0 Å². The number of anilines is 2. The zero-order chi connectivity index (χ0) is 28.9. The van der Waals surface area contributed by atoms with E-state index in [4.69, 9.17) is 11.5 Å². The van der Waals surface area contributed by atoms with Crippen LogP contribution in [0, 0.1) is 5.82 Å². The van der Waals surface area contributed by atoms with Crippen LogP contribution in [0.3, 0.4) is 0 Å². The van der Waals surface area contributed by atoms with Gasteiger partial charge in [0.1, 0.15) is 17.1 Å². The van der Waals surface area contributed by atoms with Gasteiger partial charge in [-0.3, -0.25) is 9.59 Å². The molecule has 0 radical (unpaired) electrons. The average Bonchev–Trinajstić information content (AvgIpc) is 2.85. The Bertz CT molecular complexity index is 1580. The van der Waals surface area contributed by atoms with Crippen molar-refractivity contribution in [3.63, 3.8) is 0 Å². The summed E-state index contributed by atoms with van der Waals surface area (Å²) in [7, 11) is 0. The summed E-state index contributed by atoms with van der Waals surface area (Å²) in [5.74, 6) is -1.14. The Kier molecular flexibility index (Phi) is 8.93. The Morgan fingerprint density at radius 1 is 1.10 bits per heavy atom. The fraction of sp³-hybridized carbons (Fsp3) is 0.292. The van der Waals surface area contributed by atoms with Crippen molar-refractivity contribution in [3.8, 4) is 11.3 Å². The van der Waals surface area contributed by atoms with Crippen LogP contribution < -0.4 is 22.6 Å². The summed E-state index contributed by atoms with van der Waals surface area (Å²) < 4.78 is 77.6. The number of nitrogens with one attached hydrogen (secondary N) is 1. The number of fused-ring (bicyclic) bond motifs is 1. The summed E-state index contributed by atoms with van der Waals surface area (Å²) in [5.41, 5.74) is 6.15. The number of hydrogen-bond donors (Lipinski definition) is 3. The fourth-order valence-corrected chi connectivity index (χ4v) is 3.63. The number of pyridine rings is 1. The highest BCUT2D eigenvalue weighted by molar-refractivity contribution is 5.86. The number of benzene rings is 1. The first-order valence-electron chi connectivity index (χ1n) is 11.5.